The lowest BCUT2D eigenvalue weighted by Gasteiger charge is -2.24. The number of hydrogen-bond acceptors (Lipinski definition) is 7. The monoisotopic (exact) mass is 1120 g/mol. The molecule has 0 saturated carbocycles. The highest BCUT2D eigenvalue weighted by Crippen LogP contribution is 2.43. The summed E-state index contributed by atoms with van der Waals surface area (Å²) in [6, 6.07) is 0. The number of likely N-dealkylation sites (N-methyl/N-ethyl adjacent to an activating group) is 1. The maximum Gasteiger partial charge on any atom is 0.472 e. The van der Waals surface area contributed by atoms with Crippen LogP contribution in [0.2, 0.25) is 0 Å². The third kappa shape index (κ3) is 63.2. The highest BCUT2D eigenvalue weighted by molar-refractivity contribution is 7.47. The maximum absolute atomic E-state index is 12.9. The second-order valence-electron chi connectivity index (χ2n) is 23.9. The van der Waals surface area contributed by atoms with Crippen molar-refractivity contribution >= 4 is 19.8 Å². The number of carbonyl (C=O) groups is 2. The minimum atomic E-state index is -4.39. The molecule has 0 radical (unpaired) electrons. The summed E-state index contributed by atoms with van der Waals surface area (Å²) in [6.45, 7) is 4.44. The Morgan fingerprint density at radius 2 is 0.692 bits per heavy atom. The van der Waals surface area contributed by atoms with Gasteiger partial charge in [-0.05, 0) is 77.0 Å². The number of rotatable bonds is 62. The largest absolute Gasteiger partial charge is 0.472 e. The predicted octanol–water partition coefficient (Wildman–Crippen LogP) is 21.3. The summed E-state index contributed by atoms with van der Waals surface area (Å²) < 4.78 is 34.7. The third-order valence-corrected chi connectivity index (χ3v) is 15.8. The lowest BCUT2D eigenvalue weighted by atomic mass is 10.0. The average molecular weight is 1120 g/mol. The number of quaternary nitrogens is 1. The molecule has 2 unspecified atom stereocenters. The molecule has 9 nitrogen and oxygen atoms in total. The summed E-state index contributed by atoms with van der Waals surface area (Å²) in [5.74, 6) is -0.788. The van der Waals surface area contributed by atoms with Gasteiger partial charge in [0, 0.05) is 12.8 Å². The molecule has 0 saturated heterocycles. The van der Waals surface area contributed by atoms with Gasteiger partial charge in [-0.1, -0.05) is 281 Å². The number of allylic oxidation sites excluding steroid dienone is 8. The van der Waals surface area contributed by atoms with E-state index in [1.807, 2.05) is 21.1 Å². The number of nitrogens with zero attached hydrogens (tertiary/aromatic N) is 1. The maximum atomic E-state index is 12.9. The van der Waals surface area contributed by atoms with Crippen LogP contribution in [0.25, 0.3) is 0 Å². The Morgan fingerprint density at radius 1 is 0.397 bits per heavy atom. The average Bonchev–Trinajstić information content (AvgIpc) is 3.41. The van der Waals surface area contributed by atoms with Crippen LogP contribution in [0.4, 0.5) is 0 Å². The van der Waals surface area contributed by atoms with Crippen molar-refractivity contribution in [3.05, 3.63) is 48.6 Å². The summed E-state index contributed by atoms with van der Waals surface area (Å²) in [4.78, 5) is 35.8. The van der Waals surface area contributed by atoms with Crippen LogP contribution in [-0.2, 0) is 32.7 Å². The van der Waals surface area contributed by atoms with E-state index in [-0.39, 0.29) is 32.0 Å². The number of unbranched alkanes of at least 4 members (excludes halogenated alkanes) is 40. The smallest absolute Gasteiger partial charge is 0.462 e. The Balaban J connectivity index is 3.98. The quantitative estimate of drug-likeness (QED) is 0.0211. The standard InChI is InChI=1S/C68H128NO8P/c1-6-8-10-12-14-16-18-20-22-24-26-27-28-29-30-31-32-33-34-35-36-37-38-39-40-41-43-45-47-49-51-53-55-57-59-61-68(71)77-66(65-76-78(72,73)75-63-62-69(3,4)5)64-74-67(70)60-58-56-54-52-50-48-46-44-42-25-23-21-19-17-15-13-11-9-7-2/h15,17-18,20-21,23-24,26,66H,6-14,16,19,22,25,27-65H2,1-5H3/p+1/b17-15-,20-18-,23-21-,26-24-. The molecule has 2 atom stereocenters. The van der Waals surface area contributed by atoms with Crippen LogP contribution in [0.3, 0.4) is 0 Å². The number of ether oxygens (including phenoxy) is 2. The van der Waals surface area contributed by atoms with E-state index in [0.717, 1.165) is 44.9 Å². The van der Waals surface area contributed by atoms with Crippen molar-refractivity contribution in [1.29, 1.82) is 0 Å². The van der Waals surface area contributed by atoms with Crippen LogP contribution < -0.4 is 0 Å². The van der Waals surface area contributed by atoms with E-state index in [4.69, 9.17) is 18.5 Å². The van der Waals surface area contributed by atoms with Gasteiger partial charge in [-0.2, -0.15) is 0 Å². The second-order valence-corrected chi connectivity index (χ2v) is 25.3. The second kappa shape index (κ2) is 59.6. The van der Waals surface area contributed by atoms with Crippen molar-refractivity contribution in [2.45, 2.75) is 328 Å². The summed E-state index contributed by atoms with van der Waals surface area (Å²) in [5, 5.41) is 0. The fourth-order valence-corrected chi connectivity index (χ4v) is 10.4. The molecule has 10 heteroatoms. The van der Waals surface area contributed by atoms with Crippen molar-refractivity contribution in [3.63, 3.8) is 0 Å². The fourth-order valence-electron chi connectivity index (χ4n) is 9.67. The van der Waals surface area contributed by atoms with Crippen LogP contribution >= 0.6 is 7.82 Å². The molecule has 1 N–H and O–H groups in total. The van der Waals surface area contributed by atoms with Gasteiger partial charge in [0.2, 0.25) is 0 Å². The van der Waals surface area contributed by atoms with Crippen LogP contribution in [0, 0.1) is 0 Å². The Hall–Kier alpha value is -2.03. The van der Waals surface area contributed by atoms with Crippen molar-refractivity contribution in [2.75, 3.05) is 47.5 Å². The van der Waals surface area contributed by atoms with Gasteiger partial charge in [0.1, 0.15) is 19.8 Å². The molecule has 0 rings (SSSR count). The zero-order valence-corrected chi connectivity index (χ0v) is 53.1. The van der Waals surface area contributed by atoms with Gasteiger partial charge in [-0.3, -0.25) is 18.6 Å². The number of hydrogen-bond donors (Lipinski definition) is 1. The Morgan fingerprint density at radius 3 is 1.04 bits per heavy atom. The van der Waals surface area contributed by atoms with Crippen LogP contribution in [0.5, 0.6) is 0 Å². The van der Waals surface area contributed by atoms with Gasteiger partial charge in [-0.15, -0.1) is 0 Å². The van der Waals surface area contributed by atoms with Crippen molar-refractivity contribution in [2.24, 2.45) is 0 Å². The van der Waals surface area contributed by atoms with Gasteiger partial charge in [0.25, 0.3) is 0 Å². The summed E-state index contributed by atoms with van der Waals surface area (Å²) >= 11 is 0. The first-order chi connectivity index (χ1) is 38.0. The first-order valence-electron chi connectivity index (χ1n) is 33.4. The first-order valence-corrected chi connectivity index (χ1v) is 34.9. The highest BCUT2D eigenvalue weighted by atomic mass is 31.2. The van der Waals surface area contributed by atoms with Gasteiger partial charge in [-0.25, -0.2) is 4.57 Å². The number of phosphoric ester groups is 1. The Kier molecular flexibility index (Phi) is 58.0. The zero-order valence-electron chi connectivity index (χ0n) is 52.2. The number of phosphoric acid groups is 1. The Labute approximate surface area is 484 Å². The molecule has 0 aliphatic rings. The lowest BCUT2D eigenvalue weighted by molar-refractivity contribution is -0.870. The van der Waals surface area contributed by atoms with Crippen LogP contribution in [0.1, 0.15) is 322 Å². The molecule has 0 aromatic carbocycles. The van der Waals surface area contributed by atoms with E-state index in [9.17, 15) is 19.0 Å². The molecule has 0 aromatic heterocycles. The highest BCUT2D eigenvalue weighted by Gasteiger charge is 2.27. The van der Waals surface area contributed by atoms with E-state index in [1.165, 1.54) is 244 Å². The fraction of sp³-hybridized carbons (Fsp3) is 0.853. The molecule has 0 aliphatic carbocycles. The number of esters is 2. The first kappa shape index (κ1) is 76.0. The molecule has 0 aromatic rings. The van der Waals surface area contributed by atoms with E-state index in [1.54, 1.807) is 0 Å². The molecule has 0 aliphatic heterocycles. The van der Waals surface area contributed by atoms with Crippen LogP contribution in [0.15, 0.2) is 48.6 Å². The normalized spacial score (nSPS) is 13.5. The SMILES string of the molecule is CCCCC/C=C\C/C=C\CCCCCCCCCCCC(=O)OCC(COP(=O)(O)OCC[N+](C)(C)C)OC(=O)CCCCCCCCCCCCCCCCCCCCCCCCC/C=C\C/C=C\CCCCCCC. The minimum absolute atomic E-state index is 0.0322. The predicted molar refractivity (Wildman–Crippen MR) is 335 cm³/mol. The molecule has 0 bridgehead atoms. The molecular weight excluding hydrogens is 990 g/mol. The van der Waals surface area contributed by atoms with Gasteiger partial charge < -0.3 is 18.9 Å². The molecule has 0 amide bonds. The zero-order chi connectivity index (χ0) is 57.0. The van der Waals surface area contributed by atoms with Crippen LogP contribution in [-0.4, -0.2) is 74.9 Å². The van der Waals surface area contributed by atoms with Gasteiger partial charge in [0.15, 0.2) is 6.10 Å². The Bertz CT molecular complexity index is 1460. The summed E-state index contributed by atoms with van der Waals surface area (Å²) in [7, 11) is 1.49. The third-order valence-electron chi connectivity index (χ3n) is 14.8. The topological polar surface area (TPSA) is 108 Å². The molecule has 0 fully saturated rings. The lowest BCUT2D eigenvalue weighted by Crippen LogP contribution is -2.37. The van der Waals surface area contributed by atoms with E-state index in [0.29, 0.717) is 17.4 Å². The molecule has 458 valence electrons. The minimum Gasteiger partial charge on any atom is -0.462 e. The number of carbonyl (C=O) groups excluding carboxylic acids is 2. The van der Waals surface area contributed by atoms with Crippen molar-refractivity contribution in [1.82, 2.24) is 0 Å². The van der Waals surface area contributed by atoms with E-state index in [2.05, 4.69) is 62.5 Å². The van der Waals surface area contributed by atoms with Crippen molar-refractivity contribution in [3.8, 4) is 0 Å². The van der Waals surface area contributed by atoms with E-state index >= 15 is 0 Å². The molecule has 0 heterocycles. The van der Waals surface area contributed by atoms with Gasteiger partial charge >= 0.3 is 19.8 Å². The van der Waals surface area contributed by atoms with Crippen molar-refractivity contribution < 1.29 is 42.1 Å². The summed E-state index contributed by atoms with van der Waals surface area (Å²) in [6.07, 6.45) is 76.4. The molecule has 0 spiro atoms. The summed E-state index contributed by atoms with van der Waals surface area (Å²) in [5.41, 5.74) is 0. The molecule has 78 heavy (non-hydrogen) atoms. The van der Waals surface area contributed by atoms with E-state index < -0.39 is 26.5 Å². The molecular formula is C68H129NO8P+. The van der Waals surface area contributed by atoms with Gasteiger partial charge in [0.05, 0.1) is 27.7 Å².